The summed E-state index contributed by atoms with van der Waals surface area (Å²) in [5.41, 5.74) is 1.05. The summed E-state index contributed by atoms with van der Waals surface area (Å²) in [5.74, 6) is 2.97. The zero-order valence-corrected chi connectivity index (χ0v) is 14.8. The van der Waals surface area contributed by atoms with E-state index in [9.17, 15) is 4.79 Å². The van der Waals surface area contributed by atoms with Crippen LogP contribution >= 0.6 is 0 Å². The van der Waals surface area contributed by atoms with Crippen molar-refractivity contribution in [1.29, 1.82) is 0 Å². The van der Waals surface area contributed by atoms with Crippen LogP contribution in [0.5, 0.6) is 23.0 Å². The fraction of sp³-hybridized carbons (Fsp3) is 0.350. The van der Waals surface area contributed by atoms with E-state index in [1.807, 2.05) is 42.5 Å². The molecule has 1 N–H and O–H groups in total. The molecular weight excluding hydrogens is 334 g/mol. The van der Waals surface area contributed by atoms with Crippen molar-refractivity contribution in [2.45, 2.75) is 12.8 Å². The van der Waals surface area contributed by atoms with Crippen molar-refractivity contribution in [3.8, 4) is 23.0 Å². The molecule has 3 rings (SSSR count). The van der Waals surface area contributed by atoms with Crippen LogP contribution in [-0.4, -0.2) is 39.4 Å². The topological polar surface area (TPSA) is 66.0 Å². The average Bonchev–Trinajstić information content (AvgIpc) is 2.69. The van der Waals surface area contributed by atoms with E-state index in [2.05, 4.69) is 5.32 Å². The largest absolute Gasteiger partial charge is 0.497 e. The van der Waals surface area contributed by atoms with Gasteiger partial charge in [0.1, 0.15) is 31.3 Å². The summed E-state index contributed by atoms with van der Waals surface area (Å²) in [5, 5.41) is 2.86. The molecule has 138 valence electrons. The first-order valence-electron chi connectivity index (χ1n) is 8.66. The number of methoxy groups -OCH3 is 1. The first-order chi connectivity index (χ1) is 12.7. The minimum absolute atomic E-state index is 0.00543. The van der Waals surface area contributed by atoms with Crippen LogP contribution in [0.25, 0.3) is 0 Å². The number of carbonyl (C=O) groups is 1. The molecular formula is C20H23NO5. The summed E-state index contributed by atoms with van der Waals surface area (Å²) in [7, 11) is 1.61. The van der Waals surface area contributed by atoms with Gasteiger partial charge in [0.2, 0.25) is 5.91 Å². The number of amides is 1. The van der Waals surface area contributed by atoms with Crippen molar-refractivity contribution in [2.24, 2.45) is 0 Å². The highest BCUT2D eigenvalue weighted by atomic mass is 16.6. The Morgan fingerprint density at radius 1 is 1.08 bits per heavy atom. The summed E-state index contributed by atoms with van der Waals surface area (Å²) in [6.07, 6.45) is 1.07. The lowest BCUT2D eigenvalue weighted by molar-refractivity contribution is -0.121. The molecule has 1 aliphatic heterocycles. The van der Waals surface area contributed by atoms with Gasteiger partial charge in [-0.3, -0.25) is 4.79 Å². The summed E-state index contributed by atoms with van der Waals surface area (Å²) >= 11 is 0. The molecule has 6 heteroatoms. The highest BCUT2D eigenvalue weighted by Crippen LogP contribution is 2.31. The van der Waals surface area contributed by atoms with Crippen LogP contribution in [0.4, 0.5) is 0 Å². The molecule has 0 unspecified atom stereocenters. The van der Waals surface area contributed by atoms with E-state index in [-0.39, 0.29) is 5.91 Å². The first-order valence-corrected chi connectivity index (χ1v) is 8.66. The maximum absolute atomic E-state index is 12.0. The molecule has 0 saturated heterocycles. The van der Waals surface area contributed by atoms with Crippen molar-refractivity contribution in [2.75, 3.05) is 33.5 Å². The highest BCUT2D eigenvalue weighted by molar-refractivity contribution is 5.76. The van der Waals surface area contributed by atoms with Gasteiger partial charge >= 0.3 is 0 Å². The monoisotopic (exact) mass is 357 g/mol. The Labute approximate surface area is 153 Å². The standard InChI is InChI=1S/C20H23NO5/c1-23-16-3-2-4-17(14-16)24-10-9-21-20(22)8-6-15-5-7-18-19(13-15)26-12-11-25-18/h2-5,7,13-14H,6,8-12H2,1H3,(H,21,22). The second-order valence-electron chi connectivity index (χ2n) is 5.86. The SMILES string of the molecule is COc1cccc(OCCNC(=O)CCc2ccc3c(c2)OCCO3)c1. The Kier molecular flexibility index (Phi) is 6.19. The molecule has 0 fully saturated rings. The molecule has 1 heterocycles. The van der Waals surface area contributed by atoms with Gasteiger partial charge in [-0.25, -0.2) is 0 Å². The third-order valence-corrected chi connectivity index (χ3v) is 3.98. The predicted octanol–water partition coefficient (Wildman–Crippen LogP) is 2.59. The van der Waals surface area contributed by atoms with Gasteiger partial charge in [-0.2, -0.15) is 0 Å². The van der Waals surface area contributed by atoms with Crippen LogP contribution in [-0.2, 0) is 11.2 Å². The quantitative estimate of drug-likeness (QED) is 0.736. The predicted molar refractivity (Wildman–Crippen MR) is 97.3 cm³/mol. The van der Waals surface area contributed by atoms with E-state index >= 15 is 0 Å². The number of hydrogen-bond donors (Lipinski definition) is 1. The molecule has 0 aliphatic carbocycles. The van der Waals surface area contributed by atoms with Crippen molar-refractivity contribution < 1.29 is 23.7 Å². The minimum Gasteiger partial charge on any atom is -0.497 e. The van der Waals surface area contributed by atoms with Crippen molar-refractivity contribution in [3.05, 3.63) is 48.0 Å². The lowest BCUT2D eigenvalue weighted by Crippen LogP contribution is -2.28. The zero-order valence-electron chi connectivity index (χ0n) is 14.8. The van der Waals surface area contributed by atoms with Gasteiger partial charge in [-0.1, -0.05) is 12.1 Å². The average molecular weight is 357 g/mol. The van der Waals surface area contributed by atoms with Crippen LogP contribution in [0, 0.1) is 0 Å². The van der Waals surface area contributed by atoms with E-state index in [1.54, 1.807) is 7.11 Å². The van der Waals surface area contributed by atoms with Crippen LogP contribution in [0.15, 0.2) is 42.5 Å². The van der Waals surface area contributed by atoms with E-state index in [0.29, 0.717) is 39.2 Å². The number of rotatable bonds is 8. The van der Waals surface area contributed by atoms with Gasteiger partial charge in [-0.05, 0) is 36.2 Å². The van der Waals surface area contributed by atoms with Crippen molar-refractivity contribution >= 4 is 5.91 Å². The molecule has 0 saturated carbocycles. The molecule has 26 heavy (non-hydrogen) atoms. The van der Waals surface area contributed by atoms with E-state index in [4.69, 9.17) is 18.9 Å². The highest BCUT2D eigenvalue weighted by Gasteiger charge is 2.12. The van der Waals surface area contributed by atoms with Gasteiger partial charge in [0.25, 0.3) is 0 Å². The molecule has 0 radical (unpaired) electrons. The summed E-state index contributed by atoms with van der Waals surface area (Å²) < 4.78 is 21.8. The normalized spacial score (nSPS) is 12.3. The Balaban J connectivity index is 1.36. The van der Waals surface area contributed by atoms with Crippen LogP contribution < -0.4 is 24.3 Å². The smallest absolute Gasteiger partial charge is 0.220 e. The third-order valence-electron chi connectivity index (χ3n) is 3.98. The van der Waals surface area contributed by atoms with Crippen LogP contribution in [0.1, 0.15) is 12.0 Å². The Morgan fingerprint density at radius 2 is 1.88 bits per heavy atom. The zero-order chi connectivity index (χ0) is 18.2. The molecule has 6 nitrogen and oxygen atoms in total. The van der Waals surface area contributed by atoms with Gasteiger partial charge in [0.15, 0.2) is 11.5 Å². The van der Waals surface area contributed by atoms with Gasteiger partial charge in [-0.15, -0.1) is 0 Å². The Hall–Kier alpha value is -2.89. The summed E-state index contributed by atoms with van der Waals surface area (Å²) in [4.78, 5) is 12.0. The molecule has 2 aromatic carbocycles. The molecule has 0 atom stereocenters. The van der Waals surface area contributed by atoms with Crippen LogP contribution in [0.2, 0.25) is 0 Å². The van der Waals surface area contributed by atoms with E-state index in [1.165, 1.54) is 0 Å². The summed E-state index contributed by atoms with van der Waals surface area (Å²) in [6.45, 7) is 2.00. The number of benzene rings is 2. The lowest BCUT2D eigenvalue weighted by Gasteiger charge is -2.18. The molecule has 1 aliphatic rings. The van der Waals surface area contributed by atoms with E-state index in [0.717, 1.165) is 28.6 Å². The Morgan fingerprint density at radius 3 is 2.73 bits per heavy atom. The molecule has 1 amide bonds. The van der Waals surface area contributed by atoms with Crippen molar-refractivity contribution in [3.63, 3.8) is 0 Å². The second kappa shape index (κ2) is 8.99. The third kappa shape index (κ3) is 5.05. The number of aryl methyl sites for hydroxylation is 1. The fourth-order valence-corrected chi connectivity index (χ4v) is 2.64. The molecule has 0 aromatic heterocycles. The maximum Gasteiger partial charge on any atom is 0.220 e. The second-order valence-corrected chi connectivity index (χ2v) is 5.86. The van der Waals surface area contributed by atoms with Gasteiger partial charge in [0, 0.05) is 12.5 Å². The van der Waals surface area contributed by atoms with Gasteiger partial charge in [0.05, 0.1) is 13.7 Å². The molecule has 0 bridgehead atoms. The number of carbonyl (C=O) groups excluding carboxylic acids is 1. The lowest BCUT2D eigenvalue weighted by atomic mass is 10.1. The maximum atomic E-state index is 12.0. The molecule has 2 aromatic rings. The number of hydrogen-bond acceptors (Lipinski definition) is 5. The van der Waals surface area contributed by atoms with Crippen molar-refractivity contribution in [1.82, 2.24) is 5.32 Å². The van der Waals surface area contributed by atoms with E-state index < -0.39 is 0 Å². The van der Waals surface area contributed by atoms with Gasteiger partial charge < -0.3 is 24.3 Å². The number of ether oxygens (including phenoxy) is 4. The number of fused-ring (bicyclic) bond motifs is 1. The molecule has 0 spiro atoms. The summed E-state index contributed by atoms with van der Waals surface area (Å²) in [6, 6.07) is 13.2. The minimum atomic E-state index is -0.00543. The fourth-order valence-electron chi connectivity index (χ4n) is 2.64. The number of nitrogens with one attached hydrogen (secondary N) is 1. The Bertz CT molecular complexity index is 747. The first kappa shape index (κ1) is 17.9. The van der Waals surface area contributed by atoms with Crippen LogP contribution in [0.3, 0.4) is 0 Å².